The van der Waals surface area contributed by atoms with Gasteiger partial charge in [0.25, 0.3) is 0 Å². The van der Waals surface area contributed by atoms with Gasteiger partial charge in [0.1, 0.15) is 5.76 Å². The van der Waals surface area contributed by atoms with Crippen LogP contribution >= 0.6 is 0 Å². The summed E-state index contributed by atoms with van der Waals surface area (Å²) < 4.78 is 5.31. The van der Waals surface area contributed by atoms with Gasteiger partial charge in [0, 0.05) is 11.6 Å². The number of carboxylic acids is 1. The van der Waals surface area contributed by atoms with Crippen LogP contribution in [0.15, 0.2) is 47.1 Å². The molecule has 1 unspecified atom stereocenters. The van der Waals surface area contributed by atoms with Gasteiger partial charge in [-0.05, 0) is 17.7 Å². The first-order chi connectivity index (χ1) is 8.18. The van der Waals surface area contributed by atoms with Crippen molar-refractivity contribution < 1.29 is 14.3 Å². The molecule has 0 saturated heterocycles. The van der Waals surface area contributed by atoms with Gasteiger partial charge in [-0.3, -0.25) is 4.79 Å². The molecule has 0 saturated carbocycles. The highest BCUT2D eigenvalue weighted by Crippen LogP contribution is 2.28. The van der Waals surface area contributed by atoms with E-state index >= 15 is 0 Å². The van der Waals surface area contributed by atoms with Crippen LogP contribution in [0.4, 0.5) is 0 Å². The maximum atomic E-state index is 10.7. The van der Waals surface area contributed by atoms with E-state index in [1.54, 1.807) is 12.3 Å². The second kappa shape index (κ2) is 4.84. The summed E-state index contributed by atoms with van der Waals surface area (Å²) in [5, 5.41) is 8.76. The summed E-state index contributed by atoms with van der Waals surface area (Å²) in [6.07, 6.45) is 1.48. The van der Waals surface area contributed by atoms with E-state index in [4.69, 9.17) is 15.3 Å². The zero-order valence-corrected chi connectivity index (χ0v) is 9.17. The third-order valence-electron chi connectivity index (χ3n) is 2.54. The fourth-order valence-electron chi connectivity index (χ4n) is 1.77. The molecule has 0 fully saturated rings. The molecular formula is C13H13NO3. The third kappa shape index (κ3) is 2.54. The average molecular weight is 231 g/mol. The average Bonchev–Trinajstić information content (AvgIpc) is 2.81. The minimum atomic E-state index is -0.910. The summed E-state index contributed by atoms with van der Waals surface area (Å²) in [6, 6.07) is 10.5. The van der Waals surface area contributed by atoms with Gasteiger partial charge >= 0.3 is 5.97 Å². The Kier molecular flexibility index (Phi) is 3.25. The molecule has 0 aliphatic heterocycles. The Hall–Kier alpha value is -2.07. The highest BCUT2D eigenvalue weighted by molar-refractivity contribution is 5.70. The molecule has 2 aromatic rings. The molecular weight excluding hydrogens is 218 g/mol. The van der Waals surface area contributed by atoms with Crippen molar-refractivity contribution in [3.05, 3.63) is 48.2 Å². The normalized spacial score (nSPS) is 12.3. The van der Waals surface area contributed by atoms with E-state index in [9.17, 15) is 4.79 Å². The van der Waals surface area contributed by atoms with Crippen molar-refractivity contribution >= 4 is 5.97 Å². The molecule has 17 heavy (non-hydrogen) atoms. The molecule has 3 N–H and O–H groups in total. The third-order valence-corrected chi connectivity index (χ3v) is 2.54. The molecule has 0 aliphatic rings. The Morgan fingerprint density at radius 1 is 1.29 bits per heavy atom. The summed E-state index contributed by atoms with van der Waals surface area (Å²) >= 11 is 0. The zero-order chi connectivity index (χ0) is 12.3. The van der Waals surface area contributed by atoms with E-state index in [-0.39, 0.29) is 6.42 Å². The number of furan rings is 1. The molecule has 1 atom stereocenters. The predicted octanol–water partition coefficient (Wildman–Crippen LogP) is 2.42. The van der Waals surface area contributed by atoms with Crippen LogP contribution in [0.1, 0.15) is 18.0 Å². The van der Waals surface area contributed by atoms with Crippen molar-refractivity contribution in [1.29, 1.82) is 0 Å². The van der Waals surface area contributed by atoms with E-state index < -0.39 is 12.0 Å². The van der Waals surface area contributed by atoms with Gasteiger partial charge < -0.3 is 15.3 Å². The molecule has 1 aromatic heterocycles. The molecule has 2 rings (SSSR count). The number of rotatable bonds is 4. The molecule has 0 amide bonds. The standard InChI is InChI=1S/C13H13NO3/c14-11(8-13(15)16)9-4-1-2-5-10(9)12-6-3-7-17-12/h1-7,11H,8,14H2,(H,15,16). The van der Waals surface area contributed by atoms with Crippen LogP contribution in [0, 0.1) is 0 Å². The number of benzene rings is 1. The molecule has 0 aliphatic carbocycles. The molecule has 88 valence electrons. The highest BCUT2D eigenvalue weighted by atomic mass is 16.4. The minimum Gasteiger partial charge on any atom is -0.481 e. The van der Waals surface area contributed by atoms with Crippen LogP contribution in [0.2, 0.25) is 0 Å². The lowest BCUT2D eigenvalue weighted by Crippen LogP contribution is -2.15. The monoisotopic (exact) mass is 231 g/mol. The number of carbonyl (C=O) groups is 1. The first kappa shape index (κ1) is 11.4. The molecule has 4 nitrogen and oxygen atoms in total. The fourth-order valence-corrected chi connectivity index (χ4v) is 1.77. The van der Waals surface area contributed by atoms with Crippen molar-refractivity contribution in [1.82, 2.24) is 0 Å². The van der Waals surface area contributed by atoms with Gasteiger partial charge in [-0.1, -0.05) is 24.3 Å². The number of hydrogen-bond acceptors (Lipinski definition) is 3. The fraction of sp³-hybridized carbons (Fsp3) is 0.154. The van der Waals surface area contributed by atoms with Gasteiger partial charge in [0.2, 0.25) is 0 Å². The van der Waals surface area contributed by atoms with Crippen LogP contribution < -0.4 is 5.73 Å². The van der Waals surface area contributed by atoms with Crippen LogP contribution in [-0.2, 0) is 4.79 Å². The number of carboxylic acid groups (broad SMARTS) is 1. The first-order valence-electron chi connectivity index (χ1n) is 5.28. The maximum Gasteiger partial charge on any atom is 0.305 e. The lowest BCUT2D eigenvalue weighted by molar-refractivity contribution is -0.137. The summed E-state index contributed by atoms with van der Waals surface area (Å²) in [7, 11) is 0. The predicted molar refractivity (Wildman–Crippen MR) is 63.3 cm³/mol. The largest absolute Gasteiger partial charge is 0.481 e. The Morgan fingerprint density at radius 3 is 2.71 bits per heavy atom. The lowest BCUT2D eigenvalue weighted by atomic mass is 9.97. The molecule has 1 aromatic carbocycles. The molecule has 1 heterocycles. The van der Waals surface area contributed by atoms with Gasteiger partial charge in [0.15, 0.2) is 0 Å². The summed E-state index contributed by atoms with van der Waals surface area (Å²) in [4.78, 5) is 10.7. The van der Waals surface area contributed by atoms with Crippen molar-refractivity contribution in [2.24, 2.45) is 5.73 Å². The Morgan fingerprint density at radius 2 is 2.06 bits per heavy atom. The molecule has 0 radical (unpaired) electrons. The lowest BCUT2D eigenvalue weighted by Gasteiger charge is -2.13. The molecule has 0 spiro atoms. The van der Waals surface area contributed by atoms with Crippen molar-refractivity contribution in [3.63, 3.8) is 0 Å². The van der Waals surface area contributed by atoms with E-state index in [1.165, 1.54) is 0 Å². The second-order valence-corrected chi connectivity index (χ2v) is 3.77. The smallest absolute Gasteiger partial charge is 0.305 e. The molecule has 4 heteroatoms. The quantitative estimate of drug-likeness (QED) is 0.847. The van der Waals surface area contributed by atoms with Crippen LogP contribution in [0.25, 0.3) is 11.3 Å². The van der Waals surface area contributed by atoms with Crippen LogP contribution in [0.3, 0.4) is 0 Å². The van der Waals surface area contributed by atoms with Gasteiger partial charge in [-0.25, -0.2) is 0 Å². The molecule has 0 bridgehead atoms. The number of aliphatic carboxylic acids is 1. The Balaban J connectivity index is 2.37. The van der Waals surface area contributed by atoms with Gasteiger partial charge in [0.05, 0.1) is 12.7 Å². The van der Waals surface area contributed by atoms with E-state index in [0.29, 0.717) is 5.76 Å². The van der Waals surface area contributed by atoms with Crippen LogP contribution in [0.5, 0.6) is 0 Å². The Labute approximate surface area is 98.7 Å². The van der Waals surface area contributed by atoms with Crippen molar-refractivity contribution in [2.45, 2.75) is 12.5 Å². The Bertz CT molecular complexity index is 505. The minimum absolute atomic E-state index is 0.0995. The highest BCUT2D eigenvalue weighted by Gasteiger charge is 2.16. The first-order valence-corrected chi connectivity index (χ1v) is 5.28. The van der Waals surface area contributed by atoms with E-state index in [2.05, 4.69) is 0 Å². The maximum absolute atomic E-state index is 10.7. The summed E-state index contributed by atoms with van der Waals surface area (Å²) in [5.41, 5.74) is 7.50. The topological polar surface area (TPSA) is 76.5 Å². The summed E-state index contributed by atoms with van der Waals surface area (Å²) in [6.45, 7) is 0. The van der Waals surface area contributed by atoms with Gasteiger partial charge in [-0.15, -0.1) is 0 Å². The van der Waals surface area contributed by atoms with E-state index in [1.807, 2.05) is 30.3 Å². The van der Waals surface area contributed by atoms with Crippen molar-refractivity contribution in [2.75, 3.05) is 0 Å². The van der Waals surface area contributed by atoms with Crippen molar-refractivity contribution in [3.8, 4) is 11.3 Å². The number of hydrogen-bond donors (Lipinski definition) is 2. The summed E-state index contributed by atoms with van der Waals surface area (Å²) in [5.74, 6) is -0.215. The SMILES string of the molecule is NC(CC(=O)O)c1ccccc1-c1ccco1. The number of nitrogens with two attached hydrogens (primary N) is 1. The van der Waals surface area contributed by atoms with E-state index in [0.717, 1.165) is 11.1 Å². The second-order valence-electron chi connectivity index (χ2n) is 3.77. The van der Waals surface area contributed by atoms with Gasteiger partial charge in [-0.2, -0.15) is 0 Å². The van der Waals surface area contributed by atoms with Crippen LogP contribution in [-0.4, -0.2) is 11.1 Å². The zero-order valence-electron chi connectivity index (χ0n) is 9.17.